The van der Waals surface area contributed by atoms with Crippen molar-refractivity contribution in [1.29, 1.82) is 0 Å². The molecule has 0 aliphatic heterocycles. The van der Waals surface area contributed by atoms with Crippen LogP contribution < -0.4 is 0 Å². The van der Waals surface area contributed by atoms with Gasteiger partial charge in [-0.1, -0.05) is 0 Å². The molecule has 0 saturated heterocycles. The molecule has 2 radical (unpaired) electrons. The predicted molar refractivity (Wildman–Crippen MR) is 0 cm³/mol. The Kier molecular flexibility index (Phi) is 123. The fourth-order valence-electron chi connectivity index (χ4n) is 0. The Morgan fingerprint density at radius 2 is 1.00 bits per heavy atom. The number of rotatable bonds is 0. The van der Waals surface area contributed by atoms with E-state index in [1.165, 1.54) is 0 Å². The first-order valence-corrected chi connectivity index (χ1v) is 0. The fraction of sp³-hybridized carbons (Fsp3) is 0. The molecule has 0 saturated carbocycles. The first kappa shape index (κ1) is 29.0. The summed E-state index contributed by atoms with van der Waals surface area (Å²) in [5, 5.41) is 0. The minimum absolute atomic E-state index is 0. The van der Waals surface area contributed by atoms with Gasteiger partial charge in [-0.25, -0.2) is 0 Å². The van der Waals surface area contributed by atoms with E-state index in [1.54, 1.807) is 0 Å². The van der Waals surface area contributed by atoms with Crippen LogP contribution in [0.15, 0.2) is 0 Å². The van der Waals surface area contributed by atoms with Gasteiger partial charge in [0.25, 0.3) is 0 Å². The van der Waals surface area contributed by atoms with E-state index in [0.29, 0.717) is 0 Å². The molecule has 4 heteroatoms. The Bertz CT molecular complexity index is 8.00. The van der Waals surface area contributed by atoms with Gasteiger partial charge >= 0.3 is 0 Å². The maximum absolute atomic E-state index is 0. The third-order valence-corrected chi connectivity index (χ3v) is 0. The molecule has 4 heavy (non-hydrogen) atoms. The number of hydrogen-bond donors (Lipinski definition) is 0. The summed E-state index contributed by atoms with van der Waals surface area (Å²) in [7, 11) is 0. The summed E-state index contributed by atoms with van der Waals surface area (Å²) in [5.74, 6) is 0. The van der Waals surface area contributed by atoms with Gasteiger partial charge in [0.2, 0.25) is 0 Å². The SMILES string of the molecule is [Hf].[Ir].[Mo].[Rh]. The predicted octanol–water partition coefficient (Wildman–Crippen LogP) is -0.0100. The van der Waals surface area contributed by atoms with E-state index in [-0.39, 0.29) is 86.5 Å². The van der Waals surface area contributed by atoms with Gasteiger partial charge in [0.15, 0.2) is 0 Å². The van der Waals surface area contributed by atoms with Crippen LogP contribution in [0.25, 0.3) is 0 Å². The Balaban J connectivity index is 0. The van der Waals surface area contributed by atoms with Crippen molar-refractivity contribution in [2.45, 2.75) is 0 Å². The van der Waals surface area contributed by atoms with Gasteiger partial charge in [-0.2, -0.15) is 0 Å². The molecule has 0 bridgehead atoms. The first-order valence-electron chi connectivity index (χ1n) is 0. The van der Waals surface area contributed by atoms with Crippen molar-refractivity contribution in [3.05, 3.63) is 0 Å². The maximum Gasteiger partial charge on any atom is 0 e. The smallest absolute Gasteiger partial charge is 0 e. The molecule has 0 rings (SSSR count). The maximum atomic E-state index is 0. The van der Waals surface area contributed by atoms with E-state index in [0.717, 1.165) is 0 Å². The molecule has 0 aliphatic carbocycles. The Morgan fingerprint density at radius 3 is 1.00 bits per heavy atom. The van der Waals surface area contributed by atoms with Crippen molar-refractivity contribution in [2.75, 3.05) is 0 Å². The van der Waals surface area contributed by atoms with E-state index in [9.17, 15) is 0 Å². The summed E-state index contributed by atoms with van der Waals surface area (Å²) in [6.45, 7) is 0. The van der Waals surface area contributed by atoms with Gasteiger partial charge in [0, 0.05) is 86.5 Å². The van der Waals surface area contributed by atoms with E-state index >= 15 is 0 Å². The molecule has 0 atom stereocenters. The minimum atomic E-state index is 0. The Labute approximate surface area is 85.0 Å². The van der Waals surface area contributed by atoms with Gasteiger partial charge in [-0.3, -0.25) is 0 Å². The van der Waals surface area contributed by atoms with Crippen molar-refractivity contribution in [2.24, 2.45) is 0 Å². The molecule has 0 aromatic carbocycles. The summed E-state index contributed by atoms with van der Waals surface area (Å²) in [4.78, 5) is 0. The molecule has 0 heterocycles. The molecule has 0 nitrogen and oxygen atoms in total. The summed E-state index contributed by atoms with van der Waals surface area (Å²) >= 11 is 0. The van der Waals surface area contributed by atoms with Crippen LogP contribution in [0, 0.1) is 0 Å². The molecule has 0 aromatic rings. The summed E-state index contributed by atoms with van der Waals surface area (Å²) in [6.07, 6.45) is 0. The average molecular weight is 570 g/mol. The number of hydrogen-bond acceptors (Lipinski definition) is 0. The van der Waals surface area contributed by atoms with Crippen LogP contribution in [-0.4, -0.2) is 0 Å². The first-order chi connectivity index (χ1) is 0. The quantitative estimate of drug-likeness (QED) is 0.361. The normalized spacial score (nSPS) is 0. The second-order valence-corrected chi connectivity index (χ2v) is 0. The summed E-state index contributed by atoms with van der Waals surface area (Å²) in [6, 6.07) is 0. The van der Waals surface area contributed by atoms with Gasteiger partial charge in [0.1, 0.15) is 0 Å². The van der Waals surface area contributed by atoms with Crippen molar-refractivity contribution in [3.63, 3.8) is 0 Å². The largest absolute Gasteiger partial charge is 0 e. The van der Waals surface area contributed by atoms with E-state index < -0.39 is 0 Å². The second kappa shape index (κ2) is 17.0. The van der Waals surface area contributed by atoms with Crippen LogP contribution in [0.4, 0.5) is 0 Å². The molecular weight excluding hydrogens is 570 g/mol. The van der Waals surface area contributed by atoms with Crippen molar-refractivity contribution in [1.82, 2.24) is 0 Å². The minimum Gasteiger partial charge on any atom is 0 e. The van der Waals surface area contributed by atoms with E-state index in [4.69, 9.17) is 0 Å². The van der Waals surface area contributed by atoms with Gasteiger partial charge in [-0.05, 0) is 0 Å². The van der Waals surface area contributed by atoms with E-state index in [2.05, 4.69) is 0 Å². The zero-order chi connectivity index (χ0) is 0. The molecule has 0 aromatic heterocycles. The standard InChI is InChI=1S/Hf.Ir.Mo.Rh. The van der Waals surface area contributed by atoms with Crippen molar-refractivity contribution < 1.29 is 86.5 Å². The topological polar surface area (TPSA) is 0 Å². The van der Waals surface area contributed by atoms with Crippen molar-refractivity contribution >= 4 is 0 Å². The fourth-order valence-corrected chi connectivity index (χ4v) is 0. The van der Waals surface area contributed by atoms with Crippen molar-refractivity contribution in [3.8, 4) is 0 Å². The van der Waals surface area contributed by atoms with Crippen LogP contribution in [-0.2, 0) is 86.5 Å². The van der Waals surface area contributed by atoms with E-state index in [1.807, 2.05) is 0 Å². The molecular formula is HfIrMoRh. The van der Waals surface area contributed by atoms with Crippen LogP contribution in [0.1, 0.15) is 0 Å². The zero-order valence-electron chi connectivity index (χ0n) is 1.57. The average Bonchev–Trinajstić information content (AvgIpc) is 0. The third-order valence-electron chi connectivity index (χ3n) is 0. The molecule has 0 amide bonds. The molecule has 0 spiro atoms. The van der Waals surface area contributed by atoms with Crippen LogP contribution in [0.3, 0.4) is 0 Å². The molecule has 28 valence electrons. The van der Waals surface area contributed by atoms with Gasteiger partial charge in [-0.15, -0.1) is 0 Å². The zero-order valence-corrected chi connectivity index (χ0v) is 11.2. The Hall–Kier alpha value is 2.83. The van der Waals surface area contributed by atoms with Crippen LogP contribution in [0.2, 0.25) is 0 Å². The molecule has 0 unspecified atom stereocenters. The third kappa shape index (κ3) is 8.85. The van der Waals surface area contributed by atoms with Gasteiger partial charge in [0.05, 0.1) is 0 Å². The summed E-state index contributed by atoms with van der Waals surface area (Å²) < 4.78 is 0. The Morgan fingerprint density at radius 1 is 1.00 bits per heavy atom. The molecule has 0 aliphatic rings. The second-order valence-electron chi connectivity index (χ2n) is 0. The summed E-state index contributed by atoms with van der Waals surface area (Å²) in [5.41, 5.74) is 0. The monoisotopic (exact) mass is 574 g/mol. The van der Waals surface area contributed by atoms with Crippen LogP contribution in [0.5, 0.6) is 0 Å². The van der Waals surface area contributed by atoms with Gasteiger partial charge < -0.3 is 0 Å². The molecule has 0 N–H and O–H groups in total. The molecule has 0 fully saturated rings. The van der Waals surface area contributed by atoms with Crippen LogP contribution >= 0.6 is 0 Å².